The Labute approximate surface area is 218 Å². The average Bonchev–Trinajstić information content (AvgIpc) is 2.91. The highest BCUT2D eigenvalue weighted by Crippen LogP contribution is 2.48. The van der Waals surface area contributed by atoms with Crippen molar-refractivity contribution in [3.05, 3.63) is 108 Å². The molecular formula is C31H34FN3O2. The molecule has 1 aliphatic heterocycles. The van der Waals surface area contributed by atoms with Crippen molar-refractivity contribution in [1.29, 1.82) is 0 Å². The highest BCUT2D eigenvalue weighted by molar-refractivity contribution is 5.95. The van der Waals surface area contributed by atoms with Gasteiger partial charge in [0.2, 0.25) is 0 Å². The first-order valence-electron chi connectivity index (χ1n) is 12.4. The first kappa shape index (κ1) is 26.0. The predicted octanol–water partition coefficient (Wildman–Crippen LogP) is 6.90. The molecule has 3 aromatic rings. The number of benzene rings is 3. The lowest BCUT2D eigenvalue weighted by Crippen LogP contribution is -2.23. The smallest absolute Gasteiger partial charge is 0.169 e. The molecular weight excluding hydrogens is 465 g/mol. The summed E-state index contributed by atoms with van der Waals surface area (Å²) in [5.41, 5.74) is 5.86. The van der Waals surface area contributed by atoms with Crippen LogP contribution in [0.25, 0.3) is 16.7 Å². The number of fused-ring (bicyclic) bond motifs is 1. The zero-order valence-electron chi connectivity index (χ0n) is 21.5. The number of halogens is 1. The fourth-order valence-corrected chi connectivity index (χ4v) is 4.58. The molecule has 0 saturated heterocycles. The number of nitrogens with zero attached hydrogens (tertiary/aromatic N) is 1. The van der Waals surface area contributed by atoms with Crippen LogP contribution in [0.4, 0.5) is 15.8 Å². The molecule has 3 aromatic carbocycles. The molecule has 1 aliphatic rings. The lowest BCUT2D eigenvalue weighted by atomic mass is 9.92. The normalized spacial score (nSPS) is 12.7. The maximum atomic E-state index is 15.3. The second-order valence-corrected chi connectivity index (χ2v) is 9.06. The molecule has 0 atom stereocenters. The Balaban J connectivity index is 1.70. The number of ether oxygens (including phenoxy) is 1. The lowest BCUT2D eigenvalue weighted by Gasteiger charge is -2.33. The van der Waals surface area contributed by atoms with Gasteiger partial charge in [-0.2, -0.15) is 0 Å². The van der Waals surface area contributed by atoms with Gasteiger partial charge in [0.25, 0.3) is 0 Å². The Morgan fingerprint density at radius 3 is 2.35 bits per heavy atom. The summed E-state index contributed by atoms with van der Waals surface area (Å²) in [4.78, 5) is 1.96. The van der Waals surface area contributed by atoms with E-state index in [-0.39, 0.29) is 5.76 Å². The minimum atomic E-state index is -0.428. The van der Waals surface area contributed by atoms with E-state index in [0.29, 0.717) is 46.9 Å². The van der Waals surface area contributed by atoms with E-state index in [0.717, 1.165) is 36.1 Å². The number of methoxy groups -OCH3 is 1. The molecule has 3 N–H and O–H groups in total. The number of aliphatic hydroxyl groups excluding tert-OH is 1. The largest absolute Gasteiger partial charge is 0.508 e. The van der Waals surface area contributed by atoms with Crippen molar-refractivity contribution in [2.24, 2.45) is 0 Å². The van der Waals surface area contributed by atoms with Crippen LogP contribution in [0.15, 0.2) is 91.4 Å². The van der Waals surface area contributed by atoms with Crippen molar-refractivity contribution in [2.75, 3.05) is 37.5 Å². The van der Waals surface area contributed by atoms with Crippen molar-refractivity contribution >= 4 is 16.9 Å². The first-order valence-corrected chi connectivity index (χ1v) is 12.4. The summed E-state index contributed by atoms with van der Waals surface area (Å²) in [5, 5.41) is 16.6. The Bertz CT molecular complexity index is 1300. The third kappa shape index (κ3) is 5.70. The molecule has 0 saturated carbocycles. The van der Waals surface area contributed by atoms with Gasteiger partial charge in [-0.1, -0.05) is 67.8 Å². The molecule has 0 bridgehead atoms. The number of hydrogen-bond donors (Lipinski definition) is 3. The molecule has 0 aliphatic carbocycles. The van der Waals surface area contributed by atoms with Crippen LogP contribution < -0.4 is 20.3 Å². The fourth-order valence-electron chi connectivity index (χ4n) is 4.58. The van der Waals surface area contributed by atoms with E-state index >= 15 is 4.39 Å². The molecule has 0 aromatic heterocycles. The zero-order valence-corrected chi connectivity index (χ0v) is 21.5. The van der Waals surface area contributed by atoms with Crippen LogP contribution in [-0.4, -0.2) is 32.4 Å². The predicted molar refractivity (Wildman–Crippen MR) is 152 cm³/mol. The van der Waals surface area contributed by atoms with Gasteiger partial charge in [-0.05, 0) is 54.8 Å². The lowest BCUT2D eigenvalue weighted by molar-refractivity contribution is 0.412. The standard InChI is InChI=1S/C31H34FN3O2/c1-21-26-18-28(32)29(34-17-9-8-16-33-3)31(37-4)30(26)35(20-27(21)22(2)36)19-23-12-14-25(15-13-23)24-10-6-5-7-11-24/h5-7,10-15,18,20,33-34,36H,1-2,8-9,16-17,19H2,3-4H3. The molecule has 192 valence electrons. The fraction of sp³-hybridized carbons (Fsp3) is 0.226. The van der Waals surface area contributed by atoms with E-state index in [1.165, 1.54) is 6.07 Å². The number of rotatable bonds is 11. The molecule has 0 amide bonds. The van der Waals surface area contributed by atoms with Gasteiger partial charge in [0, 0.05) is 30.4 Å². The summed E-state index contributed by atoms with van der Waals surface area (Å²) < 4.78 is 21.1. The van der Waals surface area contributed by atoms with Gasteiger partial charge in [-0.15, -0.1) is 0 Å². The van der Waals surface area contributed by atoms with Crippen LogP contribution in [0.3, 0.4) is 0 Å². The van der Waals surface area contributed by atoms with E-state index < -0.39 is 5.82 Å². The van der Waals surface area contributed by atoms with Crippen LogP contribution in [-0.2, 0) is 6.54 Å². The van der Waals surface area contributed by atoms with Crippen molar-refractivity contribution in [2.45, 2.75) is 19.4 Å². The van der Waals surface area contributed by atoms with Crippen molar-refractivity contribution in [3.63, 3.8) is 0 Å². The summed E-state index contributed by atoms with van der Waals surface area (Å²) >= 11 is 0. The zero-order chi connectivity index (χ0) is 26.4. The number of aliphatic hydroxyl groups is 1. The van der Waals surface area contributed by atoms with E-state index in [1.807, 2.05) is 30.1 Å². The van der Waals surface area contributed by atoms with Gasteiger partial charge in [0.15, 0.2) is 11.6 Å². The Hall–Kier alpha value is -4.03. The molecule has 37 heavy (non-hydrogen) atoms. The van der Waals surface area contributed by atoms with Crippen LogP contribution in [0.1, 0.15) is 24.0 Å². The number of unbranched alkanes of at least 4 members (excludes halogenated alkanes) is 1. The highest BCUT2D eigenvalue weighted by Gasteiger charge is 2.30. The van der Waals surface area contributed by atoms with Crippen molar-refractivity contribution in [3.8, 4) is 16.9 Å². The number of allylic oxidation sites excluding steroid dienone is 1. The molecule has 4 rings (SSSR count). The number of nitrogens with one attached hydrogen (secondary N) is 2. The molecule has 0 radical (unpaired) electrons. The average molecular weight is 500 g/mol. The second kappa shape index (κ2) is 11.8. The van der Waals surface area contributed by atoms with E-state index in [9.17, 15) is 5.11 Å². The maximum absolute atomic E-state index is 15.3. The molecule has 0 fully saturated rings. The summed E-state index contributed by atoms with van der Waals surface area (Å²) in [7, 11) is 3.46. The van der Waals surface area contributed by atoms with E-state index in [2.05, 4.69) is 60.2 Å². The van der Waals surface area contributed by atoms with Gasteiger partial charge in [0.05, 0.1) is 12.8 Å². The topological polar surface area (TPSA) is 56.8 Å². The van der Waals surface area contributed by atoms with E-state index in [1.54, 1.807) is 13.3 Å². The molecule has 0 unspecified atom stereocenters. The van der Waals surface area contributed by atoms with Gasteiger partial charge in [-0.3, -0.25) is 0 Å². The summed E-state index contributed by atoms with van der Waals surface area (Å²) in [6, 6.07) is 20.0. The van der Waals surface area contributed by atoms with Crippen LogP contribution in [0, 0.1) is 5.82 Å². The molecule has 1 heterocycles. The van der Waals surface area contributed by atoms with Gasteiger partial charge in [0.1, 0.15) is 11.4 Å². The minimum absolute atomic E-state index is 0.119. The SMILES string of the molecule is C=C(O)C1=CN(Cc2ccc(-c3ccccc3)cc2)c2c(cc(F)c(NCCCCNC)c2OC)C1=C. The first-order chi connectivity index (χ1) is 17.9. The van der Waals surface area contributed by atoms with Crippen molar-refractivity contribution in [1.82, 2.24) is 5.32 Å². The Morgan fingerprint density at radius 2 is 1.70 bits per heavy atom. The quantitative estimate of drug-likeness (QED) is 0.198. The second-order valence-electron chi connectivity index (χ2n) is 9.06. The Kier molecular flexibility index (Phi) is 8.31. The summed E-state index contributed by atoms with van der Waals surface area (Å²) in [6.45, 7) is 9.82. The summed E-state index contributed by atoms with van der Waals surface area (Å²) in [6.07, 6.45) is 3.67. The van der Waals surface area contributed by atoms with Crippen LogP contribution >= 0.6 is 0 Å². The van der Waals surface area contributed by atoms with Crippen LogP contribution in [0.5, 0.6) is 5.75 Å². The van der Waals surface area contributed by atoms with Crippen molar-refractivity contribution < 1.29 is 14.2 Å². The summed E-state index contributed by atoms with van der Waals surface area (Å²) in [5.74, 6) is -0.141. The highest BCUT2D eigenvalue weighted by atomic mass is 19.1. The maximum Gasteiger partial charge on any atom is 0.169 e. The van der Waals surface area contributed by atoms with Crippen LogP contribution in [0.2, 0.25) is 0 Å². The molecule has 6 heteroatoms. The molecule has 5 nitrogen and oxygen atoms in total. The van der Waals surface area contributed by atoms with E-state index in [4.69, 9.17) is 4.74 Å². The number of hydrogen-bond acceptors (Lipinski definition) is 5. The minimum Gasteiger partial charge on any atom is -0.508 e. The van der Waals surface area contributed by atoms with Gasteiger partial charge < -0.3 is 25.4 Å². The third-order valence-corrected chi connectivity index (χ3v) is 6.51. The Morgan fingerprint density at radius 1 is 1.03 bits per heavy atom. The molecule has 0 spiro atoms. The monoisotopic (exact) mass is 499 g/mol. The number of anilines is 2. The van der Waals surface area contributed by atoms with Gasteiger partial charge >= 0.3 is 0 Å². The van der Waals surface area contributed by atoms with Gasteiger partial charge in [-0.25, -0.2) is 4.39 Å². The third-order valence-electron chi connectivity index (χ3n) is 6.51.